The van der Waals surface area contributed by atoms with E-state index >= 15 is 0 Å². The Labute approximate surface area is 118 Å². The molecule has 2 aromatic rings. The second-order valence-corrected chi connectivity index (χ2v) is 4.39. The van der Waals surface area contributed by atoms with Gasteiger partial charge in [-0.05, 0) is 17.7 Å². The molecule has 0 bridgehead atoms. The van der Waals surface area contributed by atoms with Crippen LogP contribution in [0.4, 0.5) is 0 Å². The Bertz CT molecular complexity index is 569. The lowest BCUT2D eigenvalue weighted by molar-refractivity contribution is 0.318. The van der Waals surface area contributed by atoms with Crippen LogP contribution in [0.1, 0.15) is 16.8 Å². The van der Waals surface area contributed by atoms with E-state index in [9.17, 15) is 0 Å². The molecule has 0 aliphatic rings. The average molecular weight is 270 g/mol. The van der Waals surface area contributed by atoms with Crippen LogP contribution in [0, 0.1) is 0 Å². The van der Waals surface area contributed by atoms with E-state index in [1.165, 1.54) is 0 Å². The molecule has 1 heterocycles. The lowest BCUT2D eigenvalue weighted by atomic mass is 10.1. The molecule has 0 radical (unpaired) electrons. The highest BCUT2D eigenvalue weighted by molar-refractivity contribution is 5.98. The van der Waals surface area contributed by atoms with Crippen LogP contribution in [0.3, 0.4) is 0 Å². The zero-order valence-electron chi connectivity index (χ0n) is 11.2. The highest BCUT2D eigenvalue weighted by atomic mass is 16.4. The number of nitrogens with zero attached hydrogens (tertiary/aromatic N) is 2. The molecule has 104 valence electrons. The SMILES string of the molecule is NC(=NO)c1ccccc1CNCCc1ccccn1. The van der Waals surface area contributed by atoms with E-state index in [1.807, 2.05) is 42.5 Å². The second kappa shape index (κ2) is 7.25. The van der Waals surface area contributed by atoms with E-state index in [-0.39, 0.29) is 5.84 Å². The van der Waals surface area contributed by atoms with Crippen LogP contribution in [-0.4, -0.2) is 22.6 Å². The monoisotopic (exact) mass is 270 g/mol. The van der Waals surface area contributed by atoms with Crippen molar-refractivity contribution >= 4 is 5.84 Å². The molecule has 4 N–H and O–H groups in total. The molecule has 0 aliphatic heterocycles. The summed E-state index contributed by atoms with van der Waals surface area (Å²) in [5, 5.41) is 15.2. The van der Waals surface area contributed by atoms with Crippen LogP contribution in [0.5, 0.6) is 0 Å². The van der Waals surface area contributed by atoms with E-state index in [4.69, 9.17) is 10.9 Å². The standard InChI is InChI=1S/C15H18N4O/c16-15(19-20)14-7-2-1-5-12(14)11-17-10-8-13-6-3-4-9-18-13/h1-7,9,17,20H,8,10-11H2,(H2,16,19). The Morgan fingerprint density at radius 1 is 1.20 bits per heavy atom. The maximum Gasteiger partial charge on any atom is 0.170 e. The van der Waals surface area contributed by atoms with Gasteiger partial charge in [-0.2, -0.15) is 0 Å². The highest BCUT2D eigenvalue weighted by Crippen LogP contribution is 2.08. The Hall–Kier alpha value is -2.40. The number of nitrogens with one attached hydrogen (secondary N) is 1. The van der Waals surface area contributed by atoms with Gasteiger partial charge in [0.05, 0.1) is 0 Å². The van der Waals surface area contributed by atoms with Gasteiger partial charge < -0.3 is 16.3 Å². The maximum absolute atomic E-state index is 8.77. The fraction of sp³-hybridized carbons (Fsp3) is 0.200. The first-order chi connectivity index (χ1) is 9.81. The number of rotatable bonds is 6. The number of benzene rings is 1. The van der Waals surface area contributed by atoms with Crippen molar-refractivity contribution in [2.24, 2.45) is 10.9 Å². The molecule has 0 aliphatic carbocycles. The first kappa shape index (κ1) is 14.0. The molecule has 0 saturated heterocycles. The average Bonchev–Trinajstić information content (AvgIpc) is 2.52. The summed E-state index contributed by atoms with van der Waals surface area (Å²) in [4.78, 5) is 4.27. The zero-order valence-corrected chi connectivity index (χ0v) is 11.2. The molecule has 0 saturated carbocycles. The molecule has 0 fully saturated rings. The molecule has 20 heavy (non-hydrogen) atoms. The number of aromatic nitrogens is 1. The fourth-order valence-corrected chi connectivity index (χ4v) is 1.96. The first-order valence-corrected chi connectivity index (χ1v) is 6.47. The second-order valence-electron chi connectivity index (χ2n) is 4.39. The van der Waals surface area contributed by atoms with Gasteiger partial charge in [-0.3, -0.25) is 4.98 Å². The predicted octanol–water partition coefficient (Wildman–Crippen LogP) is 1.51. The van der Waals surface area contributed by atoms with Crippen molar-refractivity contribution in [2.75, 3.05) is 6.54 Å². The van der Waals surface area contributed by atoms with Crippen molar-refractivity contribution in [1.29, 1.82) is 0 Å². The van der Waals surface area contributed by atoms with Gasteiger partial charge in [0.15, 0.2) is 5.84 Å². The van der Waals surface area contributed by atoms with Gasteiger partial charge in [-0.15, -0.1) is 0 Å². The van der Waals surface area contributed by atoms with Crippen LogP contribution >= 0.6 is 0 Å². The van der Waals surface area contributed by atoms with E-state index in [1.54, 1.807) is 6.20 Å². The number of hydrogen-bond acceptors (Lipinski definition) is 4. The molecule has 0 amide bonds. The molecule has 1 aromatic carbocycles. The summed E-state index contributed by atoms with van der Waals surface area (Å²) in [6, 6.07) is 13.5. The summed E-state index contributed by atoms with van der Waals surface area (Å²) in [6.07, 6.45) is 2.66. The molecule has 2 rings (SSSR count). The van der Waals surface area contributed by atoms with Crippen molar-refractivity contribution < 1.29 is 5.21 Å². The van der Waals surface area contributed by atoms with Gasteiger partial charge in [-0.25, -0.2) is 0 Å². The molecule has 1 aromatic heterocycles. The summed E-state index contributed by atoms with van der Waals surface area (Å²) in [7, 11) is 0. The van der Waals surface area contributed by atoms with Crippen molar-refractivity contribution in [3.63, 3.8) is 0 Å². The molecular weight excluding hydrogens is 252 g/mol. The van der Waals surface area contributed by atoms with Crippen LogP contribution < -0.4 is 11.1 Å². The fourth-order valence-electron chi connectivity index (χ4n) is 1.96. The van der Waals surface area contributed by atoms with Crippen LogP contribution in [0.25, 0.3) is 0 Å². The third-order valence-electron chi connectivity index (χ3n) is 3.00. The van der Waals surface area contributed by atoms with Gasteiger partial charge in [-0.1, -0.05) is 35.5 Å². The highest BCUT2D eigenvalue weighted by Gasteiger charge is 2.05. The normalized spacial score (nSPS) is 11.5. The van der Waals surface area contributed by atoms with Crippen LogP contribution in [0.15, 0.2) is 53.8 Å². The Balaban J connectivity index is 1.88. The van der Waals surface area contributed by atoms with Gasteiger partial charge in [0.2, 0.25) is 0 Å². The molecule has 0 spiro atoms. The molecule has 0 atom stereocenters. The quantitative estimate of drug-likeness (QED) is 0.244. The summed E-state index contributed by atoms with van der Waals surface area (Å²) in [5.74, 6) is 0.132. The molecular formula is C15H18N4O. The molecule has 5 heteroatoms. The summed E-state index contributed by atoms with van der Waals surface area (Å²) in [6.45, 7) is 1.49. The largest absolute Gasteiger partial charge is 0.409 e. The first-order valence-electron chi connectivity index (χ1n) is 6.47. The molecule has 5 nitrogen and oxygen atoms in total. The Kier molecular flexibility index (Phi) is 5.08. The smallest absolute Gasteiger partial charge is 0.170 e. The lowest BCUT2D eigenvalue weighted by Gasteiger charge is -2.09. The summed E-state index contributed by atoms with van der Waals surface area (Å²) < 4.78 is 0. The van der Waals surface area contributed by atoms with Crippen molar-refractivity contribution in [3.8, 4) is 0 Å². The topological polar surface area (TPSA) is 83.5 Å². The van der Waals surface area contributed by atoms with Gasteiger partial charge >= 0.3 is 0 Å². The van der Waals surface area contributed by atoms with E-state index in [0.717, 1.165) is 29.8 Å². The third-order valence-corrected chi connectivity index (χ3v) is 3.00. The minimum absolute atomic E-state index is 0.132. The van der Waals surface area contributed by atoms with E-state index < -0.39 is 0 Å². The lowest BCUT2D eigenvalue weighted by Crippen LogP contribution is -2.21. The number of pyridine rings is 1. The van der Waals surface area contributed by atoms with Gasteiger partial charge in [0.1, 0.15) is 0 Å². The molecule has 0 unspecified atom stereocenters. The van der Waals surface area contributed by atoms with Gasteiger partial charge in [0.25, 0.3) is 0 Å². The van der Waals surface area contributed by atoms with Crippen LogP contribution in [0.2, 0.25) is 0 Å². The number of oxime groups is 1. The van der Waals surface area contributed by atoms with E-state index in [0.29, 0.717) is 6.54 Å². The van der Waals surface area contributed by atoms with Crippen molar-refractivity contribution in [1.82, 2.24) is 10.3 Å². The van der Waals surface area contributed by atoms with E-state index in [2.05, 4.69) is 15.5 Å². The summed E-state index contributed by atoms with van der Waals surface area (Å²) in [5.41, 5.74) is 8.47. The Morgan fingerprint density at radius 2 is 2.00 bits per heavy atom. The van der Waals surface area contributed by atoms with Crippen LogP contribution in [-0.2, 0) is 13.0 Å². The minimum atomic E-state index is 0.132. The maximum atomic E-state index is 8.77. The number of nitrogens with two attached hydrogens (primary N) is 1. The number of amidine groups is 1. The van der Waals surface area contributed by atoms with Crippen molar-refractivity contribution in [3.05, 3.63) is 65.5 Å². The zero-order chi connectivity index (χ0) is 14.2. The minimum Gasteiger partial charge on any atom is -0.409 e. The third kappa shape index (κ3) is 3.80. The Morgan fingerprint density at radius 3 is 2.75 bits per heavy atom. The number of hydrogen-bond donors (Lipinski definition) is 3. The van der Waals surface area contributed by atoms with Gasteiger partial charge in [0, 0.05) is 37.0 Å². The predicted molar refractivity (Wildman–Crippen MR) is 78.6 cm³/mol. The summed E-state index contributed by atoms with van der Waals surface area (Å²) >= 11 is 0. The van der Waals surface area contributed by atoms with Crippen molar-refractivity contribution in [2.45, 2.75) is 13.0 Å².